The maximum atomic E-state index is 15.0. The summed E-state index contributed by atoms with van der Waals surface area (Å²) in [6.45, 7) is 1.87. The predicted molar refractivity (Wildman–Crippen MR) is 124 cm³/mol. The molecule has 1 aromatic carbocycles. The molecule has 2 saturated carbocycles. The van der Waals surface area contributed by atoms with Crippen LogP contribution in [-0.2, 0) is 10.3 Å². The van der Waals surface area contributed by atoms with Gasteiger partial charge in [0.2, 0.25) is 5.88 Å². The number of fused-ring (bicyclic) bond motifs is 1. The number of thioether (sulfide) groups is 1. The fraction of sp³-hybridized carbons (Fsp3) is 0.478. The average molecular weight is 526 g/mol. The number of alkyl halides is 2. The van der Waals surface area contributed by atoms with E-state index < -0.39 is 34.9 Å². The number of amides is 1. The molecule has 2 aliphatic carbocycles. The maximum Gasteiger partial charge on any atom is 0.275 e. The highest BCUT2D eigenvalue weighted by atomic mass is 32.2. The van der Waals surface area contributed by atoms with Crippen molar-refractivity contribution in [3.63, 3.8) is 0 Å². The van der Waals surface area contributed by atoms with Crippen LogP contribution in [0.4, 0.5) is 23.2 Å². The number of aliphatic imine (C=N–C) groups is 1. The Morgan fingerprint density at radius 1 is 1.25 bits per heavy atom. The summed E-state index contributed by atoms with van der Waals surface area (Å²) in [4.78, 5) is 25.0. The quantitative estimate of drug-likeness (QED) is 0.506. The van der Waals surface area contributed by atoms with Gasteiger partial charge in [-0.3, -0.25) is 9.79 Å². The van der Waals surface area contributed by atoms with Crippen molar-refractivity contribution < 1.29 is 31.8 Å². The molecule has 0 spiro atoms. The van der Waals surface area contributed by atoms with Crippen molar-refractivity contribution in [2.45, 2.75) is 36.0 Å². The Morgan fingerprint density at radius 3 is 2.64 bits per heavy atom. The fourth-order valence-corrected chi connectivity index (χ4v) is 6.15. The summed E-state index contributed by atoms with van der Waals surface area (Å²) in [5.74, 6) is -6.67. The minimum atomic E-state index is -2.72. The topological polar surface area (TPSA) is 112 Å². The molecule has 0 saturated heterocycles. The Morgan fingerprint density at radius 2 is 2.00 bits per heavy atom. The van der Waals surface area contributed by atoms with Crippen LogP contribution in [0, 0.1) is 23.5 Å². The summed E-state index contributed by atoms with van der Waals surface area (Å²) >= 11 is 1.37. The SMILES string of the molecule is COC[C@]12C[C@H]1[C@@](C)(c1cc(NC(=O)c3cnc(OCC4CC4(F)F)cn3)cc(F)c1F)N=C(N)S2. The van der Waals surface area contributed by atoms with E-state index in [9.17, 15) is 18.0 Å². The van der Waals surface area contributed by atoms with Gasteiger partial charge in [0.05, 0.1) is 41.8 Å². The van der Waals surface area contributed by atoms with Crippen LogP contribution in [-0.4, -0.2) is 52.0 Å². The van der Waals surface area contributed by atoms with Crippen molar-refractivity contribution in [3.8, 4) is 5.88 Å². The molecule has 1 aromatic heterocycles. The van der Waals surface area contributed by atoms with Crippen molar-refractivity contribution in [2.24, 2.45) is 22.6 Å². The third kappa shape index (κ3) is 4.38. The van der Waals surface area contributed by atoms with Crippen molar-refractivity contribution in [1.29, 1.82) is 0 Å². The summed E-state index contributed by atoms with van der Waals surface area (Å²) < 4.78 is 65.7. The van der Waals surface area contributed by atoms with E-state index in [4.69, 9.17) is 15.2 Å². The highest BCUT2D eigenvalue weighted by molar-refractivity contribution is 8.15. The molecule has 4 atom stereocenters. The second-order valence-electron chi connectivity index (χ2n) is 9.44. The largest absolute Gasteiger partial charge is 0.476 e. The van der Waals surface area contributed by atoms with Crippen LogP contribution in [0.1, 0.15) is 35.8 Å². The van der Waals surface area contributed by atoms with Crippen molar-refractivity contribution >= 4 is 28.5 Å². The monoisotopic (exact) mass is 525 g/mol. The van der Waals surface area contributed by atoms with Gasteiger partial charge in [0, 0.05) is 36.8 Å². The number of nitrogens with one attached hydrogen (secondary N) is 1. The number of nitrogens with two attached hydrogens (primary N) is 1. The number of benzene rings is 1. The van der Waals surface area contributed by atoms with E-state index in [1.807, 2.05) is 0 Å². The molecule has 3 aliphatic rings. The number of carbonyl (C=O) groups excluding carboxylic acids is 1. The number of halogens is 4. The molecule has 2 aromatic rings. The van der Waals surface area contributed by atoms with Gasteiger partial charge in [-0.1, -0.05) is 11.8 Å². The van der Waals surface area contributed by atoms with Gasteiger partial charge in [-0.15, -0.1) is 0 Å². The Bertz CT molecular complexity index is 1250. The van der Waals surface area contributed by atoms with Crippen molar-refractivity contribution in [2.75, 3.05) is 25.6 Å². The zero-order chi connectivity index (χ0) is 25.9. The molecular weight excluding hydrogens is 502 g/mol. The van der Waals surface area contributed by atoms with Gasteiger partial charge < -0.3 is 20.5 Å². The lowest BCUT2D eigenvalue weighted by Crippen LogP contribution is -2.38. The molecule has 8 nitrogen and oxygen atoms in total. The number of anilines is 1. The highest BCUT2D eigenvalue weighted by Gasteiger charge is 2.66. The van der Waals surface area contributed by atoms with Crippen LogP contribution in [0.15, 0.2) is 29.5 Å². The van der Waals surface area contributed by atoms with Crippen molar-refractivity contribution in [3.05, 3.63) is 47.4 Å². The zero-order valence-electron chi connectivity index (χ0n) is 19.4. The molecular formula is C23H23F4N5O3S. The zero-order valence-corrected chi connectivity index (χ0v) is 20.2. The standard InChI is InChI=1S/C23H23F4N5O3S/c1-21(16-6-22(16,10-34-2)36-20(28)32-21)13-3-12(4-14(24)18(13)25)31-19(33)15-7-30-17(8-29-15)35-9-11-5-23(11,26)27/h3-4,7-8,11,16H,5-6,9-10H2,1-2H3,(H2,28,32)(H,31,33)/t11?,16-,21+,22+/m0/s1. The Hall–Kier alpha value is -2.93. The van der Waals surface area contributed by atoms with E-state index in [1.54, 1.807) is 14.0 Å². The molecule has 13 heteroatoms. The number of hydrogen-bond acceptors (Lipinski definition) is 8. The summed E-state index contributed by atoms with van der Waals surface area (Å²) in [6, 6.07) is 2.19. The van der Waals surface area contributed by atoms with Crippen LogP contribution in [0.25, 0.3) is 0 Å². The van der Waals surface area contributed by atoms with Crippen LogP contribution in [0.2, 0.25) is 0 Å². The number of methoxy groups -OCH3 is 1. The van der Waals surface area contributed by atoms with E-state index in [-0.39, 0.29) is 51.7 Å². The predicted octanol–water partition coefficient (Wildman–Crippen LogP) is 3.72. The van der Waals surface area contributed by atoms with Gasteiger partial charge in [0.15, 0.2) is 16.8 Å². The van der Waals surface area contributed by atoms with Crippen LogP contribution in [0.3, 0.4) is 0 Å². The number of ether oxygens (including phenoxy) is 2. The number of carbonyl (C=O) groups is 1. The van der Waals surface area contributed by atoms with Gasteiger partial charge in [-0.05, 0) is 19.4 Å². The van der Waals surface area contributed by atoms with E-state index in [1.165, 1.54) is 17.8 Å². The lowest BCUT2D eigenvalue weighted by Gasteiger charge is -2.34. The van der Waals surface area contributed by atoms with E-state index >= 15 is 4.39 Å². The number of nitrogens with zero attached hydrogens (tertiary/aromatic N) is 3. The number of aromatic nitrogens is 2. The van der Waals surface area contributed by atoms with Gasteiger partial charge in [0.1, 0.15) is 5.69 Å². The molecule has 192 valence electrons. The first-order valence-corrected chi connectivity index (χ1v) is 12.0. The molecule has 36 heavy (non-hydrogen) atoms. The second kappa shape index (κ2) is 8.58. The number of hydrogen-bond donors (Lipinski definition) is 2. The minimum absolute atomic E-state index is 0.00166. The van der Waals surface area contributed by atoms with Gasteiger partial charge in [-0.25, -0.2) is 27.5 Å². The molecule has 1 aliphatic heterocycles. The molecule has 0 radical (unpaired) electrons. The summed E-state index contributed by atoms with van der Waals surface area (Å²) in [6.07, 6.45) is 2.66. The highest BCUT2D eigenvalue weighted by Crippen LogP contribution is 2.66. The Balaban J connectivity index is 1.33. The lowest BCUT2D eigenvalue weighted by atomic mass is 9.85. The molecule has 5 rings (SSSR count). The normalized spacial score (nSPS) is 29.7. The van der Waals surface area contributed by atoms with E-state index in [0.29, 0.717) is 13.0 Å². The molecule has 1 amide bonds. The summed E-state index contributed by atoms with van der Waals surface area (Å²) in [5, 5.41) is 2.74. The van der Waals surface area contributed by atoms with Crippen molar-refractivity contribution in [1.82, 2.24) is 9.97 Å². The number of rotatable bonds is 8. The first kappa shape index (κ1) is 24.8. The first-order valence-electron chi connectivity index (χ1n) is 11.1. The maximum absolute atomic E-state index is 15.0. The average Bonchev–Trinajstić information content (AvgIpc) is 3.69. The third-order valence-electron chi connectivity index (χ3n) is 6.82. The second-order valence-corrected chi connectivity index (χ2v) is 10.9. The molecule has 3 N–H and O–H groups in total. The van der Waals surface area contributed by atoms with E-state index in [0.717, 1.165) is 18.5 Å². The lowest BCUT2D eigenvalue weighted by molar-refractivity contribution is 0.0849. The molecule has 0 bridgehead atoms. The smallest absolute Gasteiger partial charge is 0.275 e. The van der Waals surface area contributed by atoms with Crippen LogP contribution < -0.4 is 15.8 Å². The Kier molecular flexibility index (Phi) is 5.90. The molecule has 1 unspecified atom stereocenters. The Labute approximate surface area is 208 Å². The van der Waals surface area contributed by atoms with Gasteiger partial charge >= 0.3 is 0 Å². The third-order valence-corrected chi connectivity index (χ3v) is 8.10. The first-order chi connectivity index (χ1) is 17.0. The summed E-state index contributed by atoms with van der Waals surface area (Å²) in [5.41, 5.74) is 4.72. The van der Waals surface area contributed by atoms with Crippen LogP contribution >= 0.6 is 11.8 Å². The van der Waals surface area contributed by atoms with Gasteiger partial charge in [-0.2, -0.15) is 0 Å². The van der Waals surface area contributed by atoms with Crippen LogP contribution in [0.5, 0.6) is 5.88 Å². The van der Waals surface area contributed by atoms with E-state index in [2.05, 4.69) is 20.3 Å². The fourth-order valence-electron chi connectivity index (χ4n) is 4.70. The molecule has 2 fully saturated rings. The van der Waals surface area contributed by atoms with Gasteiger partial charge in [0.25, 0.3) is 11.8 Å². The minimum Gasteiger partial charge on any atom is -0.476 e. The molecule has 2 heterocycles. The number of amidine groups is 1. The summed E-state index contributed by atoms with van der Waals surface area (Å²) in [7, 11) is 1.56.